The summed E-state index contributed by atoms with van der Waals surface area (Å²) in [6.07, 6.45) is 7.37. The average molecular weight is 217 g/mol. The Balaban J connectivity index is 2.07. The third-order valence-electron chi connectivity index (χ3n) is 2.13. The second-order valence-corrected chi connectivity index (χ2v) is 3.88. The molecule has 0 aliphatic carbocycles. The fraction of sp³-hybridized carbons (Fsp3) is 0.364. The summed E-state index contributed by atoms with van der Waals surface area (Å²) in [6.45, 7) is 5.05. The van der Waals surface area contributed by atoms with Gasteiger partial charge in [0.15, 0.2) is 11.5 Å². The smallest absolute Gasteiger partial charge is 0.182 e. The van der Waals surface area contributed by atoms with E-state index >= 15 is 0 Å². The molecule has 5 heteroatoms. The molecule has 0 radical (unpaired) electrons. The van der Waals surface area contributed by atoms with Crippen LogP contribution in [0.3, 0.4) is 0 Å². The van der Waals surface area contributed by atoms with Crippen LogP contribution in [0.25, 0.3) is 11.2 Å². The molecule has 0 bridgehead atoms. The zero-order chi connectivity index (χ0) is 11.4. The highest BCUT2D eigenvalue weighted by Crippen LogP contribution is 2.13. The molecule has 0 atom stereocenters. The Hall–Kier alpha value is -1.91. The molecular weight excluding hydrogens is 202 g/mol. The molecule has 0 spiro atoms. The van der Waals surface area contributed by atoms with E-state index in [-0.39, 0.29) is 0 Å². The molecule has 5 nitrogen and oxygen atoms in total. The van der Waals surface area contributed by atoms with Crippen LogP contribution in [0.5, 0.6) is 0 Å². The van der Waals surface area contributed by atoms with Crippen LogP contribution < -0.4 is 5.32 Å². The second kappa shape index (κ2) is 4.74. The molecule has 84 valence electrons. The fourth-order valence-electron chi connectivity index (χ4n) is 1.39. The zero-order valence-electron chi connectivity index (χ0n) is 9.44. The molecule has 0 aliphatic rings. The van der Waals surface area contributed by atoms with Gasteiger partial charge >= 0.3 is 0 Å². The highest BCUT2D eigenvalue weighted by molar-refractivity contribution is 5.81. The largest absolute Gasteiger partial charge is 0.365 e. The Bertz CT molecular complexity index is 486. The molecule has 0 saturated carbocycles. The maximum Gasteiger partial charge on any atom is 0.182 e. The molecule has 2 rings (SSSR count). The average Bonchev–Trinajstić information content (AvgIpc) is 2.72. The Morgan fingerprint density at radius 2 is 2.25 bits per heavy atom. The summed E-state index contributed by atoms with van der Waals surface area (Å²) >= 11 is 0. The highest BCUT2D eigenvalue weighted by atomic mass is 15.1. The first-order chi connectivity index (χ1) is 7.77. The van der Waals surface area contributed by atoms with Gasteiger partial charge in [-0.05, 0) is 5.92 Å². The van der Waals surface area contributed by atoms with E-state index in [4.69, 9.17) is 0 Å². The van der Waals surface area contributed by atoms with Crippen molar-refractivity contribution in [2.75, 3.05) is 11.9 Å². The van der Waals surface area contributed by atoms with Crippen molar-refractivity contribution in [3.8, 4) is 0 Å². The molecule has 2 heterocycles. The van der Waals surface area contributed by atoms with Gasteiger partial charge in [-0.25, -0.2) is 15.0 Å². The van der Waals surface area contributed by atoms with Crippen molar-refractivity contribution in [3.63, 3.8) is 0 Å². The van der Waals surface area contributed by atoms with Crippen molar-refractivity contribution in [2.45, 2.75) is 13.8 Å². The van der Waals surface area contributed by atoms with Crippen LogP contribution in [0.15, 0.2) is 24.8 Å². The number of imidazole rings is 1. The van der Waals surface area contributed by atoms with Gasteiger partial charge in [-0.15, -0.1) is 0 Å². The Labute approximate surface area is 94.0 Å². The summed E-state index contributed by atoms with van der Waals surface area (Å²) in [5.74, 6) is 1.36. The Kier molecular flexibility index (Phi) is 3.14. The normalized spacial score (nSPS) is 11.7. The zero-order valence-corrected chi connectivity index (χ0v) is 9.44. The number of nitrogens with one attached hydrogen (secondary N) is 2. The lowest BCUT2D eigenvalue weighted by atomic mass is 10.2. The number of rotatable bonds is 4. The minimum atomic E-state index is 0.569. The number of hydrogen-bond acceptors (Lipinski definition) is 4. The lowest BCUT2D eigenvalue weighted by Gasteiger charge is -2.02. The molecule has 0 amide bonds. The number of H-pyrrole nitrogens is 1. The first-order valence-electron chi connectivity index (χ1n) is 5.32. The molecule has 16 heavy (non-hydrogen) atoms. The quantitative estimate of drug-likeness (QED) is 0.768. The van der Waals surface area contributed by atoms with Crippen LogP contribution in [-0.2, 0) is 0 Å². The SMILES string of the molecule is CC(C)C=CCNc1ncnc2nc[nH]c12. The van der Waals surface area contributed by atoms with Gasteiger partial charge in [-0.2, -0.15) is 0 Å². The number of nitrogens with zero attached hydrogens (tertiary/aromatic N) is 3. The summed E-state index contributed by atoms with van der Waals surface area (Å²) in [5.41, 5.74) is 1.53. The molecule has 2 N–H and O–H groups in total. The molecule has 0 aromatic carbocycles. The summed E-state index contributed by atoms with van der Waals surface area (Å²) in [6, 6.07) is 0. The summed E-state index contributed by atoms with van der Waals surface area (Å²) in [5, 5.41) is 3.22. The van der Waals surface area contributed by atoms with Crippen LogP contribution in [0.2, 0.25) is 0 Å². The standard InChI is InChI=1S/C11H15N5/c1-8(2)4-3-5-12-10-9-11(14-6-13-9)16-7-15-10/h3-4,6-8H,5H2,1-2H3,(H2,12,13,14,15,16). The predicted octanol–water partition coefficient (Wildman–Crippen LogP) is 1.98. The van der Waals surface area contributed by atoms with E-state index in [9.17, 15) is 0 Å². The van der Waals surface area contributed by atoms with E-state index in [1.165, 1.54) is 6.33 Å². The lowest BCUT2D eigenvalue weighted by Crippen LogP contribution is -2.02. The van der Waals surface area contributed by atoms with Gasteiger partial charge in [0.1, 0.15) is 11.8 Å². The van der Waals surface area contributed by atoms with E-state index in [0.29, 0.717) is 11.6 Å². The van der Waals surface area contributed by atoms with Crippen molar-refractivity contribution < 1.29 is 0 Å². The summed E-state index contributed by atoms with van der Waals surface area (Å²) < 4.78 is 0. The number of hydrogen-bond donors (Lipinski definition) is 2. The van der Waals surface area contributed by atoms with Gasteiger partial charge < -0.3 is 10.3 Å². The van der Waals surface area contributed by atoms with E-state index in [0.717, 1.165) is 17.9 Å². The third-order valence-corrected chi connectivity index (χ3v) is 2.13. The van der Waals surface area contributed by atoms with Crippen LogP contribution in [0.4, 0.5) is 5.82 Å². The second-order valence-electron chi connectivity index (χ2n) is 3.88. The Morgan fingerprint density at radius 3 is 3.06 bits per heavy atom. The van der Waals surface area contributed by atoms with E-state index < -0.39 is 0 Å². The van der Waals surface area contributed by atoms with Gasteiger partial charge in [0, 0.05) is 6.54 Å². The molecule has 2 aromatic heterocycles. The maximum atomic E-state index is 4.17. The first-order valence-corrected chi connectivity index (χ1v) is 5.32. The van der Waals surface area contributed by atoms with Gasteiger partial charge in [0.2, 0.25) is 0 Å². The number of fused-ring (bicyclic) bond motifs is 1. The minimum absolute atomic E-state index is 0.569. The predicted molar refractivity (Wildman–Crippen MR) is 64.2 cm³/mol. The number of aromatic nitrogens is 4. The molecule has 0 saturated heterocycles. The van der Waals surface area contributed by atoms with Crippen LogP contribution in [0.1, 0.15) is 13.8 Å². The lowest BCUT2D eigenvalue weighted by molar-refractivity contribution is 0.828. The van der Waals surface area contributed by atoms with Crippen molar-refractivity contribution >= 4 is 17.0 Å². The summed E-state index contributed by atoms with van der Waals surface area (Å²) in [7, 11) is 0. The third kappa shape index (κ3) is 2.36. The minimum Gasteiger partial charge on any atom is -0.365 e. The van der Waals surface area contributed by atoms with E-state index in [1.807, 2.05) is 0 Å². The molecule has 0 fully saturated rings. The molecule has 0 aliphatic heterocycles. The van der Waals surface area contributed by atoms with Gasteiger partial charge in [-0.3, -0.25) is 0 Å². The van der Waals surface area contributed by atoms with Gasteiger partial charge in [-0.1, -0.05) is 26.0 Å². The molecule has 2 aromatic rings. The van der Waals surface area contributed by atoms with Crippen molar-refractivity contribution in [3.05, 3.63) is 24.8 Å². The van der Waals surface area contributed by atoms with Gasteiger partial charge in [0.05, 0.1) is 6.33 Å². The van der Waals surface area contributed by atoms with Crippen molar-refractivity contribution in [1.82, 2.24) is 19.9 Å². The van der Waals surface area contributed by atoms with E-state index in [1.54, 1.807) is 6.33 Å². The monoisotopic (exact) mass is 217 g/mol. The fourth-order valence-corrected chi connectivity index (χ4v) is 1.39. The first kappa shape index (κ1) is 10.6. The van der Waals surface area contributed by atoms with Crippen LogP contribution >= 0.6 is 0 Å². The topological polar surface area (TPSA) is 66.5 Å². The highest BCUT2D eigenvalue weighted by Gasteiger charge is 2.03. The number of allylic oxidation sites excluding steroid dienone is 1. The maximum absolute atomic E-state index is 4.17. The van der Waals surface area contributed by atoms with Gasteiger partial charge in [0.25, 0.3) is 0 Å². The summed E-state index contributed by atoms with van der Waals surface area (Å²) in [4.78, 5) is 15.3. The van der Waals surface area contributed by atoms with Crippen LogP contribution in [-0.4, -0.2) is 26.5 Å². The van der Waals surface area contributed by atoms with Crippen molar-refractivity contribution in [2.24, 2.45) is 5.92 Å². The molecular formula is C11H15N5. The number of aromatic amines is 1. The molecule has 0 unspecified atom stereocenters. The number of anilines is 1. The van der Waals surface area contributed by atoms with E-state index in [2.05, 4.69) is 51.3 Å². The van der Waals surface area contributed by atoms with Crippen molar-refractivity contribution in [1.29, 1.82) is 0 Å². The van der Waals surface area contributed by atoms with Crippen LogP contribution in [0, 0.1) is 5.92 Å². The Morgan fingerprint density at radius 1 is 1.38 bits per heavy atom.